The molecular formula is C14H18BrN3. The van der Waals surface area contributed by atoms with E-state index in [0.29, 0.717) is 5.41 Å². The minimum Gasteiger partial charge on any atom is -0.355 e. The summed E-state index contributed by atoms with van der Waals surface area (Å²) in [6.45, 7) is 2.95. The third-order valence-electron chi connectivity index (χ3n) is 3.93. The Morgan fingerprint density at radius 1 is 1.44 bits per heavy atom. The highest BCUT2D eigenvalue weighted by atomic mass is 79.9. The Kier molecular flexibility index (Phi) is 3.06. The first-order valence-electron chi connectivity index (χ1n) is 6.45. The number of hydrogen-bond donors (Lipinski definition) is 1. The normalized spacial score (nSPS) is 20.8. The predicted molar refractivity (Wildman–Crippen MR) is 78.0 cm³/mol. The smallest absolute Gasteiger partial charge is 0.193 e. The van der Waals surface area contributed by atoms with E-state index in [9.17, 15) is 0 Å². The molecule has 96 valence electrons. The van der Waals surface area contributed by atoms with Crippen molar-refractivity contribution in [2.24, 2.45) is 4.99 Å². The van der Waals surface area contributed by atoms with Crippen LogP contribution in [-0.4, -0.2) is 37.5 Å². The first-order valence-corrected chi connectivity index (χ1v) is 7.24. The summed E-state index contributed by atoms with van der Waals surface area (Å²) < 4.78 is 1.17. The van der Waals surface area contributed by atoms with Crippen LogP contribution in [0.4, 0.5) is 0 Å². The molecule has 1 aromatic rings. The molecule has 2 aliphatic rings. The van der Waals surface area contributed by atoms with Crippen LogP contribution in [-0.2, 0) is 5.41 Å². The molecule has 1 aliphatic heterocycles. The highest BCUT2D eigenvalue weighted by Crippen LogP contribution is 2.48. The minimum atomic E-state index is 0.329. The largest absolute Gasteiger partial charge is 0.355 e. The summed E-state index contributed by atoms with van der Waals surface area (Å²) >= 11 is 3.56. The Bertz CT molecular complexity index is 480. The maximum Gasteiger partial charge on any atom is 0.193 e. The molecule has 0 unspecified atom stereocenters. The quantitative estimate of drug-likeness (QED) is 0.928. The Labute approximate surface area is 116 Å². The zero-order valence-electron chi connectivity index (χ0n) is 10.6. The summed E-state index contributed by atoms with van der Waals surface area (Å²) in [7, 11) is 2.09. The fourth-order valence-corrected chi connectivity index (χ4v) is 2.91. The minimum absolute atomic E-state index is 0.329. The first-order chi connectivity index (χ1) is 8.70. The van der Waals surface area contributed by atoms with Gasteiger partial charge in [-0.15, -0.1) is 0 Å². The van der Waals surface area contributed by atoms with Crippen molar-refractivity contribution in [2.75, 3.05) is 26.7 Å². The fraction of sp³-hybridized carbons (Fsp3) is 0.500. The van der Waals surface area contributed by atoms with Crippen LogP contribution in [0, 0.1) is 0 Å². The lowest BCUT2D eigenvalue weighted by Gasteiger charge is -2.21. The molecule has 0 saturated heterocycles. The van der Waals surface area contributed by atoms with Crippen LogP contribution < -0.4 is 5.32 Å². The number of nitrogens with one attached hydrogen (secondary N) is 1. The van der Waals surface area contributed by atoms with Gasteiger partial charge >= 0.3 is 0 Å². The van der Waals surface area contributed by atoms with Gasteiger partial charge in [0.1, 0.15) is 0 Å². The molecule has 1 aromatic carbocycles. The van der Waals surface area contributed by atoms with Gasteiger partial charge in [0.2, 0.25) is 0 Å². The van der Waals surface area contributed by atoms with E-state index in [1.165, 1.54) is 22.9 Å². The topological polar surface area (TPSA) is 27.6 Å². The van der Waals surface area contributed by atoms with Gasteiger partial charge in [0.05, 0.1) is 6.54 Å². The van der Waals surface area contributed by atoms with Crippen LogP contribution in [0.2, 0.25) is 0 Å². The molecule has 3 nitrogen and oxygen atoms in total. The van der Waals surface area contributed by atoms with E-state index < -0.39 is 0 Å². The molecule has 1 N–H and O–H groups in total. The summed E-state index contributed by atoms with van der Waals surface area (Å²) in [5.41, 5.74) is 1.76. The van der Waals surface area contributed by atoms with Gasteiger partial charge in [-0.05, 0) is 30.5 Å². The number of hydrogen-bond acceptors (Lipinski definition) is 3. The molecule has 3 rings (SSSR count). The number of halogens is 1. The molecule has 0 aromatic heterocycles. The molecule has 1 saturated carbocycles. The van der Waals surface area contributed by atoms with Gasteiger partial charge in [-0.2, -0.15) is 0 Å². The van der Waals surface area contributed by atoms with Gasteiger partial charge in [0.15, 0.2) is 5.96 Å². The number of nitrogens with zero attached hydrogens (tertiary/aromatic N) is 2. The molecule has 0 atom stereocenters. The van der Waals surface area contributed by atoms with Crippen molar-refractivity contribution in [3.05, 3.63) is 34.3 Å². The summed E-state index contributed by atoms with van der Waals surface area (Å²) in [6, 6.07) is 8.69. The van der Waals surface area contributed by atoms with E-state index in [1.54, 1.807) is 0 Å². The van der Waals surface area contributed by atoms with E-state index >= 15 is 0 Å². The third-order valence-corrected chi connectivity index (χ3v) is 4.43. The lowest BCUT2D eigenvalue weighted by atomic mass is 9.96. The van der Waals surface area contributed by atoms with Gasteiger partial charge in [0.25, 0.3) is 0 Å². The number of guanidine groups is 1. The Balaban J connectivity index is 1.69. The van der Waals surface area contributed by atoms with E-state index in [0.717, 1.165) is 25.6 Å². The second kappa shape index (κ2) is 4.57. The number of rotatable bonds is 3. The van der Waals surface area contributed by atoms with Crippen LogP contribution in [0.3, 0.4) is 0 Å². The maximum atomic E-state index is 4.48. The molecule has 0 radical (unpaired) electrons. The SMILES string of the molecule is CN1CCN=C1NCC1(c2cccc(Br)c2)CC1. The van der Waals surface area contributed by atoms with Crippen LogP contribution >= 0.6 is 15.9 Å². The molecule has 1 aliphatic carbocycles. The van der Waals surface area contributed by atoms with Crippen molar-refractivity contribution in [3.8, 4) is 0 Å². The van der Waals surface area contributed by atoms with Crippen LogP contribution in [0.15, 0.2) is 33.7 Å². The van der Waals surface area contributed by atoms with E-state index in [2.05, 4.69) is 62.5 Å². The van der Waals surface area contributed by atoms with Crippen molar-refractivity contribution in [2.45, 2.75) is 18.3 Å². The van der Waals surface area contributed by atoms with Crippen molar-refractivity contribution in [3.63, 3.8) is 0 Å². The first kappa shape index (κ1) is 12.0. The van der Waals surface area contributed by atoms with Crippen molar-refractivity contribution >= 4 is 21.9 Å². The molecule has 4 heteroatoms. The van der Waals surface area contributed by atoms with Gasteiger partial charge in [-0.3, -0.25) is 4.99 Å². The second-order valence-corrected chi connectivity index (χ2v) is 6.19. The van der Waals surface area contributed by atoms with E-state index in [-0.39, 0.29) is 0 Å². The second-order valence-electron chi connectivity index (χ2n) is 5.27. The lowest BCUT2D eigenvalue weighted by molar-refractivity contribution is 0.523. The Hall–Kier alpha value is -1.03. The molecule has 1 heterocycles. The van der Waals surface area contributed by atoms with Crippen LogP contribution in [0.25, 0.3) is 0 Å². The predicted octanol–water partition coefficient (Wildman–Crippen LogP) is 2.37. The molecule has 18 heavy (non-hydrogen) atoms. The fourth-order valence-electron chi connectivity index (χ4n) is 2.51. The van der Waals surface area contributed by atoms with Crippen LogP contribution in [0.5, 0.6) is 0 Å². The van der Waals surface area contributed by atoms with E-state index in [1.807, 2.05) is 0 Å². The Morgan fingerprint density at radius 3 is 2.89 bits per heavy atom. The zero-order chi connectivity index (χ0) is 12.6. The van der Waals surface area contributed by atoms with Gasteiger partial charge in [-0.25, -0.2) is 0 Å². The monoisotopic (exact) mass is 307 g/mol. The average molecular weight is 308 g/mol. The summed E-state index contributed by atoms with van der Waals surface area (Å²) in [5.74, 6) is 1.05. The highest BCUT2D eigenvalue weighted by molar-refractivity contribution is 9.10. The summed E-state index contributed by atoms with van der Waals surface area (Å²) in [4.78, 5) is 6.67. The van der Waals surface area contributed by atoms with Crippen molar-refractivity contribution < 1.29 is 0 Å². The molecule has 0 spiro atoms. The third kappa shape index (κ3) is 2.26. The molecular weight excluding hydrogens is 290 g/mol. The molecule has 0 bridgehead atoms. The zero-order valence-corrected chi connectivity index (χ0v) is 12.2. The number of aliphatic imine (C=N–C) groups is 1. The summed E-state index contributed by atoms with van der Waals surface area (Å²) in [6.07, 6.45) is 2.54. The number of benzene rings is 1. The van der Waals surface area contributed by atoms with Gasteiger partial charge in [0, 0.05) is 30.0 Å². The maximum absolute atomic E-state index is 4.48. The Morgan fingerprint density at radius 2 is 2.28 bits per heavy atom. The van der Waals surface area contributed by atoms with Gasteiger partial charge < -0.3 is 10.2 Å². The van der Waals surface area contributed by atoms with E-state index in [4.69, 9.17) is 0 Å². The van der Waals surface area contributed by atoms with Crippen molar-refractivity contribution in [1.29, 1.82) is 0 Å². The van der Waals surface area contributed by atoms with Gasteiger partial charge in [-0.1, -0.05) is 28.1 Å². The lowest BCUT2D eigenvalue weighted by Crippen LogP contribution is -2.39. The molecule has 0 amide bonds. The highest BCUT2D eigenvalue weighted by Gasteiger charge is 2.44. The molecule has 1 fully saturated rings. The number of likely N-dealkylation sites (N-methyl/N-ethyl adjacent to an activating group) is 1. The standard InChI is InChI=1S/C14H18BrN3/c1-18-8-7-16-13(18)17-10-14(5-6-14)11-3-2-4-12(15)9-11/h2-4,9H,5-8,10H2,1H3,(H,16,17). The van der Waals surface area contributed by atoms with Crippen LogP contribution in [0.1, 0.15) is 18.4 Å². The average Bonchev–Trinajstić information content (AvgIpc) is 3.05. The van der Waals surface area contributed by atoms with Crippen molar-refractivity contribution in [1.82, 2.24) is 10.2 Å². The summed E-state index contributed by atoms with van der Waals surface area (Å²) in [5, 5.41) is 3.51.